The van der Waals surface area contributed by atoms with Crippen LogP contribution in [0.3, 0.4) is 0 Å². The van der Waals surface area contributed by atoms with Gasteiger partial charge in [0, 0.05) is 44.3 Å². The fourth-order valence-electron chi connectivity index (χ4n) is 3.30. The number of benzene rings is 1. The molecule has 1 aliphatic heterocycles. The van der Waals surface area contributed by atoms with Crippen molar-refractivity contribution in [2.75, 3.05) is 32.5 Å². The predicted molar refractivity (Wildman–Crippen MR) is 111 cm³/mol. The van der Waals surface area contributed by atoms with Crippen LogP contribution in [-0.2, 0) is 14.4 Å². The molecule has 1 N–H and O–H groups in total. The van der Waals surface area contributed by atoms with Gasteiger partial charge >= 0.3 is 0 Å². The summed E-state index contributed by atoms with van der Waals surface area (Å²) in [6, 6.07) is 11.3. The van der Waals surface area contributed by atoms with Crippen LogP contribution in [0, 0.1) is 0 Å². The minimum Gasteiger partial charge on any atom is -0.357 e. The number of likely N-dealkylation sites (N-methyl/N-ethyl adjacent to an activating group) is 1. The number of amides is 2. The SMILES string of the molecule is CN(C)C(=O)C1=C(C=O)CCCN1CC(=O)Nc1ccc(-c2cccnc2)cc1. The summed E-state index contributed by atoms with van der Waals surface area (Å²) in [5.41, 5.74) is 3.43. The van der Waals surface area contributed by atoms with E-state index in [4.69, 9.17) is 0 Å². The maximum absolute atomic E-state index is 12.6. The second kappa shape index (κ2) is 9.14. The molecule has 3 rings (SSSR count). The summed E-state index contributed by atoms with van der Waals surface area (Å²) in [6.45, 7) is 0.566. The van der Waals surface area contributed by atoms with Gasteiger partial charge in [0.2, 0.25) is 5.91 Å². The highest BCUT2D eigenvalue weighted by Gasteiger charge is 2.28. The van der Waals surface area contributed by atoms with Gasteiger partial charge in [0.15, 0.2) is 0 Å². The third-order valence-electron chi connectivity index (χ3n) is 4.74. The number of hydrogen-bond acceptors (Lipinski definition) is 5. The lowest BCUT2D eigenvalue weighted by molar-refractivity contribution is -0.127. The Balaban J connectivity index is 1.69. The second-order valence-electron chi connectivity index (χ2n) is 7.08. The van der Waals surface area contributed by atoms with Gasteiger partial charge < -0.3 is 15.1 Å². The van der Waals surface area contributed by atoms with Crippen molar-refractivity contribution in [3.05, 3.63) is 60.1 Å². The molecule has 0 atom stereocenters. The summed E-state index contributed by atoms with van der Waals surface area (Å²) in [4.78, 5) is 43.7. The maximum Gasteiger partial charge on any atom is 0.270 e. The Labute approximate surface area is 170 Å². The number of hydrogen-bond donors (Lipinski definition) is 1. The molecule has 1 aromatic heterocycles. The van der Waals surface area contributed by atoms with E-state index in [1.54, 1.807) is 31.4 Å². The molecule has 0 spiro atoms. The summed E-state index contributed by atoms with van der Waals surface area (Å²) in [7, 11) is 3.27. The standard InChI is InChI=1S/C22H24N4O3/c1-25(2)22(29)21-18(15-27)6-4-12-26(21)14-20(28)24-19-9-7-16(8-10-19)17-5-3-11-23-13-17/h3,5,7-11,13,15H,4,6,12,14H2,1-2H3,(H,24,28). The molecule has 7 heteroatoms. The van der Waals surface area contributed by atoms with Crippen LogP contribution in [0.4, 0.5) is 5.69 Å². The van der Waals surface area contributed by atoms with Crippen LogP contribution in [0.5, 0.6) is 0 Å². The molecule has 0 saturated heterocycles. The van der Waals surface area contributed by atoms with E-state index < -0.39 is 0 Å². The van der Waals surface area contributed by atoms with Gasteiger partial charge in [0.25, 0.3) is 5.91 Å². The summed E-state index contributed by atoms with van der Waals surface area (Å²) in [6.07, 6.45) is 5.50. The van der Waals surface area contributed by atoms with Gasteiger partial charge in [-0.2, -0.15) is 0 Å². The molecule has 2 amide bonds. The third-order valence-corrected chi connectivity index (χ3v) is 4.74. The molecule has 1 aliphatic rings. The van der Waals surface area contributed by atoms with Crippen molar-refractivity contribution in [1.29, 1.82) is 0 Å². The number of carbonyl (C=O) groups excluding carboxylic acids is 3. The van der Waals surface area contributed by atoms with Gasteiger partial charge in [-0.3, -0.25) is 19.4 Å². The fraction of sp³-hybridized carbons (Fsp3) is 0.273. The highest BCUT2D eigenvalue weighted by Crippen LogP contribution is 2.23. The Morgan fingerprint density at radius 2 is 1.93 bits per heavy atom. The molecular formula is C22H24N4O3. The van der Waals surface area contributed by atoms with E-state index >= 15 is 0 Å². The van der Waals surface area contributed by atoms with Gasteiger partial charge in [-0.15, -0.1) is 0 Å². The molecule has 0 bridgehead atoms. The summed E-state index contributed by atoms with van der Waals surface area (Å²) in [5.74, 6) is -0.504. The lowest BCUT2D eigenvalue weighted by atomic mass is 10.0. The number of nitrogens with zero attached hydrogens (tertiary/aromatic N) is 3. The van der Waals surface area contributed by atoms with E-state index in [1.807, 2.05) is 36.4 Å². The summed E-state index contributed by atoms with van der Waals surface area (Å²) in [5, 5.41) is 2.86. The minimum absolute atomic E-state index is 0.0105. The van der Waals surface area contributed by atoms with Crippen LogP contribution in [0.1, 0.15) is 12.8 Å². The molecule has 0 aliphatic carbocycles. The fourth-order valence-corrected chi connectivity index (χ4v) is 3.30. The Bertz CT molecular complexity index is 921. The van der Waals surface area contributed by atoms with Gasteiger partial charge in [0.1, 0.15) is 12.0 Å². The van der Waals surface area contributed by atoms with E-state index in [9.17, 15) is 14.4 Å². The van der Waals surface area contributed by atoms with Crippen molar-refractivity contribution >= 4 is 23.8 Å². The van der Waals surface area contributed by atoms with Gasteiger partial charge in [-0.25, -0.2) is 0 Å². The van der Waals surface area contributed by atoms with E-state index in [1.165, 1.54) is 4.90 Å². The summed E-state index contributed by atoms with van der Waals surface area (Å²) >= 11 is 0. The Morgan fingerprint density at radius 3 is 2.55 bits per heavy atom. The third kappa shape index (κ3) is 4.87. The smallest absolute Gasteiger partial charge is 0.270 e. The van der Waals surface area contributed by atoms with Crippen LogP contribution in [0.2, 0.25) is 0 Å². The van der Waals surface area contributed by atoms with Crippen LogP contribution in [0.15, 0.2) is 60.1 Å². The van der Waals surface area contributed by atoms with Gasteiger partial charge in [-0.05, 0) is 42.2 Å². The number of nitrogens with one attached hydrogen (secondary N) is 1. The molecule has 0 fully saturated rings. The zero-order valence-electron chi connectivity index (χ0n) is 16.6. The van der Waals surface area contributed by atoms with Crippen molar-refractivity contribution in [3.8, 4) is 11.1 Å². The first-order chi connectivity index (χ1) is 14.0. The number of pyridine rings is 1. The Hall–Kier alpha value is -3.48. The summed E-state index contributed by atoms with van der Waals surface area (Å²) < 4.78 is 0. The number of aromatic nitrogens is 1. The van der Waals surface area contributed by atoms with Crippen molar-refractivity contribution in [2.45, 2.75) is 12.8 Å². The first kappa shape index (κ1) is 20.3. The maximum atomic E-state index is 12.6. The number of rotatable bonds is 6. The van der Waals surface area contributed by atoms with Crippen molar-refractivity contribution in [3.63, 3.8) is 0 Å². The average molecular weight is 392 g/mol. The molecule has 2 heterocycles. The largest absolute Gasteiger partial charge is 0.357 e. The molecule has 7 nitrogen and oxygen atoms in total. The van der Waals surface area contributed by atoms with Crippen molar-refractivity contribution < 1.29 is 14.4 Å². The lowest BCUT2D eigenvalue weighted by Crippen LogP contribution is -2.42. The number of anilines is 1. The Kier molecular flexibility index (Phi) is 6.39. The molecule has 0 radical (unpaired) electrons. The molecule has 150 valence electrons. The van der Waals surface area contributed by atoms with Gasteiger partial charge in [0.05, 0.1) is 6.54 Å². The zero-order valence-corrected chi connectivity index (χ0v) is 16.6. The topological polar surface area (TPSA) is 82.6 Å². The van der Waals surface area contributed by atoms with Crippen molar-refractivity contribution in [2.24, 2.45) is 0 Å². The van der Waals surface area contributed by atoms with Crippen LogP contribution < -0.4 is 5.32 Å². The molecule has 29 heavy (non-hydrogen) atoms. The van der Waals surface area contributed by atoms with E-state index in [0.29, 0.717) is 29.9 Å². The predicted octanol–water partition coefficient (Wildman–Crippen LogP) is 2.32. The van der Waals surface area contributed by atoms with Crippen LogP contribution in [-0.4, -0.2) is 60.1 Å². The highest BCUT2D eigenvalue weighted by molar-refractivity contribution is 6.00. The van der Waals surface area contributed by atoms with E-state index in [0.717, 1.165) is 23.8 Å². The first-order valence-electron chi connectivity index (χ1n) is 9.45. The highest BCUT2D eigenvalue weighted by atomic mass is 16.2. The number of aldehydes is 1. The van der Waals surface area contributed by atoms with Crippen LogP contribution >= 0.6 is 0 Å². The zero-order chi connectivity index (χ0) is 20.8. The van der Waals surface area contributed by atoms with Crippen molar-refractivity contribution in [1.82, 2.24) is 14.8 Å². The quantitative estimate of drug-likeness (QED) is 0.763. The van der Waals surface area contributed by atoms with E-state index in [2.05, 4.69) is 10.3 Å². The number of allylic oxidation sites excluding steroid dienone is 1. The van der Waals surface area contributed by atoms with Crippen LogP contribution in [0.25, 0.3) is 11.1 Å². The number of carbonyl (C=O) groups is 3. The lowest BCUT2D eigenvalue weighted by Gasteiger charge is -2.32. The van der Waals surface area contributed by atoms with E-state index in [-0.39, 0.29) is 18.4 Å². The molecular weight excluding hydrogens is 368 g/mol. The second-order valence-corrected chi connectivity index (χ2v) is 7.08. The molecule has 0 saturated carbocycles. The molecule has 0 unspecified atom stereocenters. The average Bonchev–Trinajstić information content (AvgIpc) is 2.74. The Morgan fingerprint density at radius 1 is 1.17 bits per heavy atom. The van der Waals surface area contributed by atoms with Gasteiger partial charge in [-0.1, -0.05) is 18.2 Å². The normalized spacial score (nSPS) is 13.8. The molecule has 2 aromatic rings. The molecule has 1 aromatic carbocycles. The first-order valence-corrected chi connectivity index (χ1v) is 9.45. The minimum atomic E-state index is -0.263. The monoisotopic (exact) mass is 392 g/mol.